The number of benzene rings is 2. The van der Waals surface area contributed by atoms with Crippen molar-refractivity contribution in [3.63, 3.8) is 0 Å². The highest BCUT2D eigenvalue weighted by molar-refractivity contribution is 6.51. The zero-order chi connectivity index (χ0) is 10.5. The molecule has 15 heavy (non-hydrogen) atoms. The molecule has 0 saturated heterocycles. The first kappa shape index (κ1) is 9.26. The van der Waals surface area contributed by atoms with Gasteiger partial charge in [0.05, 0.1) is 0 Å². The van der Waals surface area contributed by atoms with Gasteiger partial charge >= 0.3 is 0 Å². The largest absolute Gasteiger partial charge is 0.169 e. The Balaban J connectivity index is 2.42. The van der Waals surface area contributed by atoms with E-state index in [4.69, 9.17) is 23.2 Å². The minimum absolute atomic E-state index is 0.905. The first-order chi connectivity index (χ1) is 7.21. The molecule has 2 heteroatoms. The minimum atomic E-state index is -0.958. The van der Waals surface area contributed by atoms with Crippen LogP contribution in [-0.2, 0) is 4.33 Å². The molecular formula is C13H6Cl2. The van der Waals surface area contributed by atoms with Gasteiger partial charge in [-0.2, -0.15) is 0 Å². The molecule has 2 aromatic rings. The fraction of sp³-hybridized carbons (Fsp3) is 0.0769. The number of rotatable bonds is 0. The van der Waals surface area contributed by atoms with E-state index in [0.717, 1.165) is 22.3 Å². The average Bonchev–Trinajstić information content (AvgIpc) is 2.51. The second kappa shape index (κ2) is 3.01. The monoisotopic (exact) mass is 232 g/mol. The molecule has 0 aliphatic heterocycles. The minimum Gasteiger partial charge on any atom is -0.0909 e. The molecule has 3 rings (SSSR count). The van der Waals surface area contributed by atoms with Crippen molar-refractivity contribution in [2.75, 3.05) is 0 Å². The zero-order valence-corrected chi connectivity index (χ0v) is 9.23. The lowest BCUT2D eigenvalue weighted by Crippen LogP contribution is -2.07. The number of fused-ring (bicyclic) bond motifs is 3. The van der Waals surface area contributed by atoms with Gasteiger partial charge in [0.1, 0.15) is 0 Å². The quantitative estimate of drug-likeness (QED) is 0.604. The third-order valence-electron chi connectivity index (χ3n) is 2.69. The third kappa shape index (κ3) is 1.15. The second-order valence-electron chi connectivity index (χ2n) is 3.52. The van der Waals surface area contributed by atoms with Crippen LogP contribution in [0, 0.1) is 12.1 Å². The lowest BCUT2D eigenvalue weighted by atomic mass is 10.1. The molecule has 2 aromatic carbocycles. The normalized spacial score (nSPS) is 15.9. The lowest BCUT2D eigenvalue weighted by Gasteiger charge is -2.14. The van der Waals surface area contributed by atoms with Crippen LogP contribution in [0.3, 0.4) is 0 Å². The molecule has 0 saturated carbocycles. The maximum absolute atomic E-state index is 6.35. The molecule has 0 spiro atoms. The number of hydrogen-bond donors (Lipinski definition) is 0. The van der Waals surface area contributed by atoms with Crippen LogP contribution in [0.15, 0.2) is 36.4 Å². The predicted octanol–water partition coefficient (Wildman–Crippen LogP) is 3.95. The van der Waals surface area contributed by atoms with Gasteiger partial charge < -0.3 is 0 Å². The molecule has 0 atom stereocenters. The summed E-state index contributed by atoms with van der Waals surface area (Å²) in [5.74, 6) is 0. The molecule has 1 aliphatic carbocycles. The molecule has 0 bridgehead atoms. The molecular weight excluding hydrogens is 227 g/mol. The molecule has 0 N–H and O–H groups in total. The Morgan fingerprint density at radius 1 is 0.867 bits per heavy atom. The Kier molecular flexibility index (Phi) is 1.86. The Bertz CT molecular complexity index is 482. The summed E-state index contributed by atoms with van der Waals surface area (Å²) in [5.41, 5.74) is 3.98. The SMILES string of the molecule is ClC1(Cl)c2c[c]ccc2-c2cc[c]cc21. The summed E-state index contributed by atoms with van der Waals surface area (Å²) >= 11 is 12.7. The molecule has 2 radical (unpaired) electrons. The lowest BCUT2D eigenvalue weighted by molar-refractivity contribution is 1.09. The van der Waals surface area contributed by atoms with E-state index >= 15 is 0 Å². The molecule has 0 fully saturated rings. The topological polar surface area (TPSA) is 0 Å². The van der Waals surface area contributed by atoms with E-state index in [-0.39, 0.29) is 0 Å². The standard InChI is InChI=1S/C13H6Cl2/c14-13(15)11-7-3-1-5-9(11)10-6-2-4-8-12(10)13/h1-2,5-8H. The highest BCUT2D eigenvalue weighted by Crippen LogP contribution is 2.53. The number of hydrogen-bond acceptors (Lipinski definition) is 0. The first-order valence-electron chi connectivity index (χ1n) is 4.60. The van der Waals surface area contributed by atoms with E-state index in [1.165, 1.54) is 0 Å². The van der Waals surface area contributed by atoms with Crippen molar-refractivity contribution in [2.45, 2.75) is 4.33 Å². The third-order valence-corrected chi connectivity index (χ3v) is 3.51. The van der Waals surface area contributed by atoms with Crippen molar-refractivity contribution in [3.05, 3.63) is 59.7 Å². The van der Waals surface area contributed by atoms with Crippen LogP contribution in [0.2, 0.25) is 0 Å². The van der Waals surface area contributed by atoms with Crippen LogP contribution in [0.5, 0.6) is 0 Å². The van der Waals surface area contributed by atoms with Crippen molar-refractivity contribution in [1.29, 1.82) is 0 Å². The van der Waals surface area contributed by atoms with Gasteiger partial charge in [-0.25, -0.2) is 0 Å². The van der Waals surface area contributed by atoms with E-state index in [1.807, 2.05) is 36.4 Å². The Labute approximate surface area is 98.5 Å². The summed E-state index contributed by atoms with van der Waals surface area (Å²) < 4.78 is -0.958. The van der Waals surface area contributed by atoms with Crippen molar-refractivity contribution in [1.82, 2.24) is 0 Å². The van der Waals surface area contributed by atoms with Crippen molar-refractivity contribution < 1.29 is 0 Å². The van der Waals surface area contributed by atoms with Crippen LogP contribution >= 0.6 is 23.2 Å². The molecule has 0 unspecified atom stereocenters. The number of halogens is 2. The first-order valence-corrected chi connectivity index (χ1v) is 5.36. The Morgan fingerprint density at radius 3 is 1.80 bits per heavy atom. The Hall–Kier alpha value is -0.980. The van der Waals surface area contributed by atoms with Crippen LogP contribution in [0.25, 0.3) is 11.1 Å². The van der Waals surface area contributed by atoms with E-state index < -0.39 is 4.33 Å². The van der Waals surface area contributed by atoms with Crippen LogP contribution in [-0.4, -0.2) is 0 Å². The van der Waals surface area contributed by atoms with Crippen molar-refractivity contribution in [2.24, 2.45) is 0 Å². The fourth-order valence-electron chi connectivity index (χ4n) is 2.00. The Morgan fingerprint density at radius 2 is 1.33 bits per heavy atom. The summed E-state index contributed by atoms with van der Waals surface area (Å²) in [4.78, 5) is 0. The van der Waals surface area contributed by atoms with Gasteiger partial charge in [0.15, 0.2) is 4.33 Å². The van der Waals surface area contributed by atoms with E-state index in [2.05, 4.69) is 12.1 Å². The van der Waals surface area contributed by atoms with Gasteiger partial charge in [-0.05, 0) is 35.4 Å². The van der Waals surface area contributed by atoms with Gasteiger partial charge in [0, 0.05) is 11.1 Å². The summed E-state index contributed by atoms with van der Waals surface area (Å²) in [6, 6.07) is 17.4. The summed E-state index contributed by atoms with van der Waals surface area (Å²) in [6.07, 6.45) is 0. The zero-order valence-electron chi connectivity index (χ0n) is 7.72. The van der Waals surface area contributed by atoms with Gasteiger partial charge in [-0.1, -0.05) is 47.5 Å². The summed E-state index contributed by atoms with van der Waals surface area (Å²) in [5, 5.41) is 0. The molecule has 0 amide bonds. The van der Waals surface area contributed by atoms with Crippen LogP contribution in [0.4, 0.5) is 0 Å². The van der Waals surface area contributed by atoms with E-state index in [1.54, 1.807) is 0 Å². The predicted molar refractivity (Wildman–Crippen MR) is 62.0 cm³/mol. The summed E-state index contributed by atoms with van der Waals surface area (Å²) in [6.45, 7) is 0. The highest BCUT2D eigenvalue weighted by atomic mass is 35.5. The summed E-state index contributed by atoms with van der Waals surface area (Å²) in [7, 11) is 0. The fourth-order valence-corrected chi connectivity index (χ4v) is 2.62. The second-order valence-corrected chi connectivity index (χ2v) is 4.85. The molecule has 72 valence electrons. The van der Waals surface area contributed by atoms with Gasteiger partial charge in [-0.15, -0.1) is 0 Å². The molecule has 1 aliphatic rings. The van der Waals surface area contributed by atoms with Crippen molar-refractivity contribution in [3.8, 4) is 11.1 Å². The average molecular weight is 233 g/mol. The molecule has 0 aromatic heterocycles. The molecule has 0 nitrogen and oxygen atoms in total. The van der Waals surface area contributed by atoms with Gasteiger partial charge in [0.2, 0.25) is 0 Å². The highest BCUT2D eigenvalue weighted by Gasteiger charge is 2.39. The van der Waals surface area contributed by atoms with E-state index in [0.29, 0.717) is 0 Å². The van der Waals surface area contributed by atoms with Gasteiger partial charge in [-0.3, -0.25) is 0 Å². The van der Waals surface area contributed by atoms with E-state index in [9.17, 15) is 0 Å². The van der Waals surface area contributed by atoms with Gasteiger partial charge in [0.25, 0.3) is 0 Å². The van der Waals surface area contributed by atoms with Crippen LogP contribution < -0.4 is 0 Å². The maximum atomic E-state index is 6.35. The number of alkyl halides is 2. The smallest absolute Gasteiger partial charge is 0.0909 e. The molecule has 0 heterocycles. The van der Waals surface area contributed by atoms with Crippen LogP contribution in [0.1, 0.15) is 11.1 Å². The maximum Gasteiger partial charge on any atom is 0.169 e. The van der Waals surface area contributed by atoms with Crippen molar-refractivity contribution >= 4 is 23.2 Å².